The summed E-state index contributed by atoms with van der Waals surface area (Å²) in [6.45, 7) is 0. The van der Waals surface area contributed by atoms with E-state index in [0.717, 1.165) is 19.3 Å². The summed E-state index contributed by atoms with van der Waals surface area (Å²) in [7, 11) is 3.09. The van der Waals surface area contributed by atoms with E-state index in [1.54, 1.807) is 14.2 Å². The van der Waals surface area contributed by atoms with E-state index >= 15 is 0 Å². The molecule has 0 unspecified atom stereocenters. The molecule has 0 bridgehead atoms. The predicted octanol–water partition coefficient (Wildman–Crippen LogP) is 1.90. The standard InChI is InChI=1S/C10H18O3/c1-12-10(13-2)8-6-4-3-5-7-9(10)11/h3-8H2,1-2H3. The lowest BCUT2D eigenvalue weighted by atomic mass is 9.94. The van der Waals surface area contributed by atoms with Gasteiger partial charge in [-0.1, -0.05) is 12.8 Å². The van der Waals surface area contributed by atoms with Crippen LogP contribution in [0.5, 0.6) is 0 Å². The van der Waals surface area contributed by atoms with Crippen LogP contribution in [0.15, 0.2) is 0 Å². The van der Waals surface area contributed by atoms with E-state index in [-0.39, 0.29) is 5.78 Å². The summed E-state index contributed by atoms with van der Waals surface area (Å²) in [5.41, 5.74) is 0. The van der Waals surface area contributed by atoms with Gasteiger partial charge in [0, 0.05) is 27.1 Å². The van der Waals surface area contributed by atoms with Crippen LogP contribution in [0.3, 0.4) is 0 Å². The Morgan fingerprint density at radius 3 is 2.31 bits per heavy atom. The number of methoxy groups -OCH3 is 2. The molecule has 0 aliphatic heterocycles. The fraction of sp³-hybridized carbons (Fsp3) is 0.900. The number of hydrogen-bond acceptors (Lipinski definition) is 3. The number of carbonyl (C=O) groups is 1. The van der Waals surface area contributed by atoms with Crippen molar-refractivity contribution in [2.45, 2.75) is 44.3 Å². The van der Waals surface area contributed by atoms with E-state index in [9.17, 15) is 4.79 Å². The van der Waals surface area contributed by atoms with Crippen molar-refractivity contribution in [3.8, 4) is 0 Å². The third kappa shape index (κ3) is 2.29. The minimum absolute atomic E-state index is 0.0946. The number of hydrogen-bond donors (Lipinski definition) is 0. The van der Waals surface area contributed by atoms with Crippen LogP contribution in [0.1, 0.15) is 38.5 Å². The molecule has 0 N–H and O–H groups in total. The molecular formula is C10H18O3. The maximum atomic E-state index is 11.7. The van der Waals surface area contributed by atoms with E-state index in [2.05, 4.69) is 0 Å². The zero-order valence-electron chi connectivity index (χ0n) is 8.47. The van der Waals surface area contributed by atoms with Gasteiger partial charge in [0.2, 0.25) is 5.79 Å². The van der Waals surface area contributed by atoms with E-state index in [0.29, 0.717) is 12.8 Å². The van der Waals surface area contributed by atoms with Crippen LogP contribution in [0, 0.1) is 0 Å². The Kier molecular flexibility index (Phi) is 3.88. The van der Waals surface area contributed by atoms with Crippen LogP contribution in [-0.2, 0) is 14.3 Å². The lowest BCUT2D eigenvalue weighted by molar-refractivity contribution is -0.211. The van der Waals surface area contributed by atoms with Gasteiger partial charge in [-0.2, -0.15) is 0 Å². The average molecular weight is 186 g/mol. The SMILES string of the molecule is COC1(OC)CCCCCCC1=O. The summed E-state index contributed by atoms with van der Waals surface area (Å²) in [4.78, 5) is 11.7. The molecule has 1 aliphatic rings. The number of Topliss-reactive ketones (excluding diaryl/α,β-unsaturated/α-hetero) is 1. The first-order chi connectivity index (χ1) is 6.25. The second kappa shape index (κ2) is 4.72. The van der Waals surface area contributed by atoms with Crippen molar-refractivity contribution < 1.29 is 14.3 Å². The van der Waals surface area contributed by atoms with Gasteiger partial charge in [-0.05, 0) is 12.8 Å². The summed E-state index contributed by atoms with van der Waals surface area (Å²) in [6, 6.07) is 0. The second-order valence-corrected chi connectivity index (χ2v) is 3.50. The van der Waals surface area contributed by atoms with Crippen molar-refractivity contribution in [2.75, 3.05) is 14.2 Å². The van der Waals surface area contributed by atoms with Gasteiger partial charge in [0.05, 0.1) is 0 Å². The molecule has 0 heterocycles. The highest BCUT2D eigenvalue weighted by atomic mass is 16.7. The molecule has 13 heavy (non-hydrogen) atoms. The van der Waals surface area contributed by atoms with Gasteiger partial charge < -0.3 is 9.47 Å². The van der Waals surface area contributed by atoms with Crippen molar-refractivity contribution in [3.63, 3.8) is 0 Å². The van der Waals surface area contributed by atoms with Gasteiger partial charge in [-0.25, -0.2) is 0 Å². The molecule has 1 fully saturated rings. The maximum Gasteiger partial charge on any atom is 0.228 e. The Hall–Kier alpha value is -0.410. The van der Waals surface area contributed by atoms with Crippen molar-refractivity contribution in [1.82, 2.24) is 0 Å². The molecule has 0 aromatic carbocycles. The lowest BCUT2D eigenvalue weighted by Gasteiger charge is -2.30. The zero-order chi connectivity index (χ0) is 9.73. The molecule has 3 heteroatoms. The molecule has 0 radical (unpaired) electrons. The molecule has 1 aliphatic carbocycles. The van der Waals surface area contributed by atoms with Gasteiger partial charge in [-0.15, -0.1) is 0 Å². The van der Waals surface area contributed by atoms with Crippen molar-refractivity contribution in [3.05, 3.63) is 0 Å². The molecule has 76 valence electrons. The summed E-state index contributed by atoms with van der Waals surface area (Å²) in [5, 5.41) is 0. The summed E-state index contributed by atoms with van der Waals surface area (Å²) in [5.74, 6) is -0.849. The highest BCUT2D eigenvalue weighted by Crippen LogP contribution is 2.26. The minimum Gasteiger partial charge on any atom is -0.347 e. The van der Waals surface area contributed by atoms with Crippen LogP contribution >= 0.6 is 0 Å². The Morgan fingerprint density at radius 1 is 1.08 bits per heavy atom. The monoisotopic (exact) mass is 186 g/mol. The maximum absolute atomic E-state index is 11.7. The fourth-order valence-electron chi connectivity index (χ4n) is 1.84. The third-order valence-electron chi connectivity index (χ3n) is 2.74. The highest BCUT2D eigenvalue weighted by molar-refractivity contribution is 5.85. The van der Waals surface area contributed by atoms with E-state index < -0.39 is 5.79 Å². The topological polar surface area (TPSA) is 35.5 Å². The molecule has 0 aromatic heterocycles. The fourth-order valence-corrected chi connectivity index (χ4v) is 1.84. The normalized spacial score (nSPS) is 23.7. The molecule has 0 saturated heterocycles. The summed E-state index contributed by atoms with van der Waals surface area (Å²) >= 11 is 0. The van der Waals surface area contributed by atoms with Gasteiger partial charge in [0.25, 0.3) is 0 Å². The van der Waals surface area contributed by atoms with Gasteiger partial charge >= 0.3 is 0 Å². The van der Waals surface area contributed by atoms with Crippen LogP contribution < -0.4 is 0 Å². The lowest BCUT2D eigenvalue weighted by Crippen LogP contribution is -2.43. The molecule has 0 aromatic rings. The second-order valence-electron chi connectivity index (χ2n) is 3.50. The van der Waals surface area contributed by atoms with E-state index in [1.165, 1.54) is 6.42 Å². The first kappa shape index (κ1) is 10.7. The molecule has 0 atom stereocenters. The van der Waals surface area contributed by atoms with Gasteiger partial charge in [0.15, 0.2) is 5.78 Å². The quantitative estimate of drug-likeness (QED) is 0.618. The first-order valence-corrected chi connectivity index (χ1v) is 4.89. The first-order valence-electron chi connectivity index (χ1n) is 4.89. The Bertz CT molecular complexity index is 173. The van der Waals surface area contributed by atoms with Crippen molar-refractivity contribution in [2.24, 2.45) is 0 Å². The van der Waals surface area contributed by atoms with Gasteiger partial charge in [0.1, 0.15) is 0 Å². The van der Waals surface area contributed by atoms with Crippen molar-refractivity contribution >= 4 is 5.78 Å². The third-order valence-corrected chi connectivity index (χ3v) is 2.74. The Labute approximate surface area is 79.4 Å². The zero-order valence-corrected chi connectivity index (χ0v) is 8.47. The van der Waals surface area contributed by atoms with Crippen LogP contribution in [0.4, 0.5) is 0 Å². The molecule has 0 spiro atoms. The van der Waals surface area contributed by atoms with E-state index in [1.807, 2.05) is 0 Å². The predicted molar refractivity (Wildman–Crippen MR) is 49.5 cm³/mol. The highest BCUT2D eigenvalue weighted by Gasteiger charge is 2.37. The number of ketones is 1. The van der Waals surface area contributed by atoms with Crippen LogP contribution in [-0.4, -0.2) is 25.8 Å². The number of ether oxygens (including phenoxy) is 2. The summed E-state index contributed by atoms with van der Waals surface area (Å²) in [6.07, 6.45) is 5.57. The number of carbonyl (C=O) groups excluding carboxylic acids is 1. The summed E-state index contributed by atoms with van der Waals surface area (Å²) < 4.78 is 10.4. The van der Waals surface area contributed by atoms with Gasteiger partial charge in [-0.3, -0.25) is 4.79 Å². The Morgan fingerprint density at radius 2 is 1.69 bits per heavy atom. The molecule has 3 nitrogen and oxygen atoms in total. The van der Waals surface area contributed by atoms with E-state index in [4.69, 9.17) is 9.47 Å². The Balaban J connectivity index is 2.69. The molecular weight excluding hydrogens is 168 g/mol. The largest absolute Gasteiger partial charge is 0.347 e. The number of rotatable bonds is 2. The molecule has 1 rings (SSSR count). The van der Waals surface area contributed by atoms with Crippen molar-refractivity contribution in [1.29, 1.82) is 0 Å². The molecule has 0 amide bonds. The smallest absolute Gasteiger partial charge is 0.228 e. The van der Waals surface area contributed by atoms with Crippen LogP contribution in [0.2, 0.25) is 0 Å². The minimum atomic E-state index is -0.944. The average Bonchev–Trinajstić information content (AvgIpc) is 2.14. The molecule has 1 saturated carbocycles. The van der Waals surface area contributed by atoms with Crippen LogP contribution in [0.25, 0.3) is 0 Å².